The molecular formula is C16H20N2O3. The highest BCUT2D eigenvalue weighted by Gasteiger charge is 2.19. The number of H-pyrrole nitrogens is 1. The number of para-hydroxylation sites is 1. The summed E-state index contributed by atoms with van der Waals surface area (Å²) < 4.78 is 0. The number of aromatic nitrogens is 1. The second kappa shape index (κ2) is 6.54. The third kappa shape index (κ3) is 3.31. The molecule has 2 aromatic rings. The molecule has 1 aromatic carbocycles. The highest BCUT2D eigenvalue weighted by molar-refractivity contribution is 5.97. The molecule has 0 radical (unpaired) electrons. The Morgan fingerprint density at radius 2 is 2.05 bits per heavy atom. The topological polar surface area (TPSA) is 82.2 Å². The molecule has 0 bridgehead atoms. The molecule has 1 atom stereocenters. The Balaban J connectivity index is 2.31. The van der Waals surface area contributed by atoms with E-state index in [0.717, 1.165) is 0 Å². The van der Waals surface area contributed by atoms with E-state index in [1.54, 1.807) is 18.2 Å². The van der Waals surface area contributed by atoms with Crippen molar-refractivity contribution in [3.05, 3.63) is 46.2 Å². The molecule has 0 aliphatic heterocycles. The maximum atomic E-state index is 12.3. The Morgan fingerprint density at radius 1 is 1.33 bits per heavy atom. The fourth-order valence-electron chi connectivity index (χ4n) is 2.29. The number of hydrogen-bond acceptors (Lipinski definition) is 3. The minimum atomic E-state index is -0.408. The molecule has 1 heterocycles. The lowest BCUT2D eigenvalue weighted by Crippen LogP contribution is -2.41. The Labute approximate surface area is 123 Å². The number of amides is 1. The largest absolute Gasteiger partial charge is 0.396 e. The second-order valence-corrected chi connectivity index (χ2v) is 5.41. The smallest absolute Gasteiger partial charge is 0.256 e. The highest BCUT2D eigenvalue weighted by Crippen LogP contribution is 2.09. The van der Waals surface area contributed by atoms with Gasteiger partial charge in [0, 0.05) is 29.7 Å². The van der Waals surface area contributed by atoms with E-state index in [9.17, 15) is 9.59 Å². The molecule has 3 N–H and O–H groups in total. The number of pyridine rings is 1. The minimum Gasteiger partial charge on any atom is -0.396 e. The van der Waals surface area contributed by atoms with Gasteiger partial charge >= 0.3 is 0 Å². The molecule has 2 rings (SSSR count). The third-order valence-corrected chi connectivity index (χ3v) is 3.59. The van der Waals surface area contributed by atoms with Crippen molar-refractivity contribution in [2.45, 2.75) is 26.3 Å². The van der Waals surface area contributed by atoms with Crippen LogP contribution < -0.4 is 10.7 Å². The van der Waals surface area contributed by atoms with Gasteiger partial charge in [0.1, 0.15) is 5.56 Å². The van der Waals surface area contributed by atoms with Crippen molar-refractivity contribution in [3.63, 3.8) is 0 Å². The summed E-state index contributed by atoms with van der Waals surface area (Å²) in [4.78, 5) is 27.6. The minimum absolute atomic E-state index is 0.00277. The molecule has 112 valence electrons. The van der Waals surface area contributed by atoms with Crippen LogP contribution in [0.4, 0.5) is 0 Å². The van der Waals surface area contributed by atoms with Crippen LogP contribution in [0.15, 0.2) is 35.3 Å². The first-order valence-corrected chi connectivity index (χ1v) is 7.06. The van der Waals surface area contributed by atoms with Crippen molar-refractivity contribution in [1.82, 2.24) is 10.3 Å². The van der Waals surface area contributed by atoms with Crippen molar-refractivity contribution < 1.29 is 9.90 Å². The zero-order chi connectivity index (χ0) is 15.4. The Kier molecular flexibility index (Phi) is 4.75. The number of fused-ring (bicyclic) bond motifs is 1. The van der Waals surface area contributed by atoms with Crippen molar-refractivity contribution in [2.75, 3.05) is 6.61 Å². The molecule has 0 aliphatic carbocycles. The molecule has 1 aromatic heterocycles. The predicted molar refractivity (Wildman–Crippen MR) is 82.4 cm³/mol. The second-order valence-electron chi connectivity index (χ2n) is 5.41. The van der Waals surface area contributed by atoms with Gasteiger partial charge in [-0.25, -0.2) is 0 Å². The van der Waals surface area contributed by atoms with Crippen LogP contribution in [-0.4, -0.2) is 28.6 Å². The van der Waals surface area contributed by atoms with Crippen LogP contribution in [0.25, 0.3) is 10.9 Å². The number of carbonyl (C=O) groups excluding carboxylic acids is 1. The van der Waals surface area contributed by atoms with Crippen molar-refractivity contribution in [3.8, 4) is 0 Å². The summed E-state index contributed by atoms with van der Waals surface area (Å²) in [6, 6.07) is 6.92. The van der Waals surface area contributed by atoms with E-state index in [1.165, 1.54) is 6.20 Å². The number of aliphatic hydroxyl groups is 1. The van der Waals surface area contributed by atoms with E-state index < -0.39 is 5.91 Å². The van der Waals surface area contributed by atoms with Crippen molar-refractivity contribution in [1.29, 1.82) is 0 Å². The van der Waals surface area contributed by atoms with E-state index in [4.69, 9.17) is 5.11 Å². The number of benzene rings is 1. The van der Waals surface area contributed by atoms with Crippen LogP contribution >= 0.6 is 0 Å². The summed E-state index contributed by atoms with van der Waals surface area (Å²) in [6.07, 6.45) is 1.91. The molecule has 21 heavy (non-hydrogen) atoms. The monoisotopic (exact) mass is 288 g/mol. The van der Waals surface area contributed by atoms with Crippen LogP contribution in [0.5, 0.6) is 0 Å². The van der Waals surface area contributed by atoms with Gasteiger partial charge in [0.15, 0.2) is 0 Å². The number of aliphatic hydroxyl groups excluding tert-OH is 1. The number of hydrogen-bond donors (Lipinski definition) is 3. The van der Waals surface area contributed by atoms with Crippen LogP contribution in [0.2, 0.25) is 0 Å². The van der Waals surface area contributed by atoms with E-state index in [-0.39, 0.29) is 29.6 Å². The lowest BCUT2D eigenvalue weighted by molar-refractivity contribution is 0.0915. The average Bonchev–Trinajstić information content (AvgIpc) is 2.47. The van der Waals surface area contributed by atoms with Gasteiger partial charge in [0.2, 0.25) is 5.43 Å². The maximum Gasteiger partial charge on any atom is 0.256 e. The molecular weight excluding hydrogens is 268 g/mol. The SMILES string of the molecule is CC(C)C(CCO)NC(=O)c1c[nH]c2ccccc2c1=O. The van der Waals surface area contributed by atoms with Gasteiger partial charge in [0.05, 0.1) is 0 Å². The number of rotatable bonds is 5. The van der Waals surface area contributed by atoms with Crippen LogP contribution in [0.3, 0.4) is 0 Å². The van der Waals surface area contributed by atoms with Gasteiger partial charge < -0.3 is 15.4 Å². The number of nitrogens with one attached hydrogen (secondary N) is 2. The summed E-state index contributed by atoms with van der Waals surface area (Å²) in [7, 11) is 0. The summed E-state index contributed by atoms with van der Waals surface area (Å²) >= 11 is 0. The lowest BCUT2D eigenvalue weighted by atomic mass is 10.0. The third-order valence-electron chi connectivity index (χ3n) is 3.59. The average molecular weight is 288 g/mol. The van der Waals surface area contributed by atoms with E-state index in [1.807, 2.05) is 19.9 Å². The first-order chi connectivity index (χ1) is 10.0. The zero-order valence-electron chi connectivity index (χ0n) is 12.2. The summed E-state index contributed by atoms with van der Waals surface area (Å²) in [5.74, 6) is -0.227. The zero-order valence-corrected chi connectivity index (χ0v) is 12.2. The molecule has 5 nitrogen and oxygen atoms in total. The molecule has 1 unspecified atom stereocenters. The molecule has 0 spiro atoms. The van der Waals surface area contributed by atoms with Crippen LogP contribution in [0, 0.1) is 5.92 Å². The molecule has 0 saturated carbocycles. The van der Waals surface area contributed by atoms with Crippen LogP contribution in [-0.2, 0) is 0 Å². The highest BCUT2D eigenvalue weighted by atomic mass is 16.3. The molecule has 5 heteroatoms. The van der Waals surface area contributed by atoms with E-state index in [0.29, 0.717) is 17.3 Å². The summed E-state index contributed by atoms with van der Waals surface area (Å²) in [6.45, 7) is 3.92. The predicted octanol–water partition coefficient (Wildman–Crippen LogP) is 1.66. The van der Waals surface area contributed by atoms with E-state index >= 15 is 0 Å². The van der Waals surface area contributed by atoms with Gasteiger partial charge in [-0.3, -0.25) is 9.59 Å². The molecule has 0 saturated heterocycles. The van der Waals surface area contributed by atoms with Crippen molar-refractivity contribution >= 4 is 16.8 Å². The van der Waals surface area contributed by atoms with Gasteiger partial charge in [-0.05, 0) is 24.5 Å². The van der Waals surface area contributed by atoms with Crippen molar-refractivity contribution in [2.24, 2.45) is 5.92 Å². The number of aromatic amines is 1. The Hall–Kier alpha value is -2.14. The first kappa shape index (κ1) is 15.3. The standard InChI is InChI=1S/C16H20N2O3/c1-10(2)13(7-8-19)18-16(21)12-9-17-14-6-4-3-5-11(14)15(12)20/h3-6,9-10,13,19H,7-8H2,1-2H3,(H,17,20)(H,18,21). The van der Waals surface area contributed by atoms with Gasteiger partial charge in [0.25, 0.3) is 5.91 Å². The lowest BCUT2D eigenvalue weighted by Gasteiger charge is -2.21. The maximum absolute atomic E-state index is 12.3. The van der Waals surface area contributed by atoms with Crippen LogP contribution in [0.1, 0.15) is 30.6 Å². The Morgan fingerprint density at radius 3 is 2.71 bits per heavy atom. The quantitative estimate of drug-likeness (QED) is 0.782. The first-order valence-electron chi connectivity index (χ1n) is 7.06. The fraction of sp³-hybridized carbons (Fsp3) is 0.375. The Bertz CT molecular complexity index is 691. The number of carbonyl (C=O) groups is 1. The normalized spacial score (nSPS) is 12.6. The molecule has 1 amide bonds. The summed E-state index contributed by atoms with van der Waals surface area (Å²) in [5.41, 5.74) is 0.514. The van der Waals surface area contributed by atoms with Gasteiger partial charge in [-0.1, -0.05) is 26.0 Å². The van der Waals surface area contributed by atoms with Gasteiger partial charge in [-0.15, -0.1) is 0 Å². The fourth-order valence-corrected chi connectivity index (χ4v) is 2.29. The summed E-state index contributed by atoms with van der Waals surface area (Å²) in [5, 5.41) is 12.4. The molecule has 0 aliphatic rings. The molecule has 0 fully saturated rings. The van der Waals surface area contributed by atoms with Gasteiger partial charge in [-0.2, -0.15) is 0 Å². The van der Waals surface area contributed by atoms with E-state index in [2.05, 4.69) is 10.3 Å².